The number of rotatable bonds is 4. The first-order valence-electron chi connectivity index (χ1n) is 13.6. The highest BCUT2D eigenvalue weighted by molar-refractivity contribution is 5.98. The molecule has 2 saturated carbocycles. The summed E-state index contributed by atoms with van der Waals surface area (Å²) in [5, 5.41) is 1.32. The van der Waals surface area contributed by atoms with Gasteiger partial charge in [-0.1, -0.05) is 31.7 Å². The number of piperazine rings is 1. The lowest BCUT2D eigenvalue weighted by Crippen LogP contribution is -2.51. The molecule has 2 saturated heterocycles. The number of carbonyl (C=O) groups excluding carboxylic acids is 1. The number of benzene rings is 1. The molecular weight excluding hydrogens is 408 g/mol. The van der Waals surface area contributed by atoms with Crippen LogP contribution in [0, 0.1) is 0 Å². The lowest BCUT2D eigenvalue weighted by Gasteiger charge is -2.38. The molecule has 0 bridgehead atoms. The van der Waals surface area contributed by atoms with Crippen LogP contribution in [0.3, 0.4) is 0 Å². The van der Waals surface area contributed by atoms with E-state index in [2.05, 4.69) is 44.1 Å². The SMILES string of the molecule is O=C(c1ccc2c(C3CCN(C4CCCC4)CC3)c[nH]c2c1)N1CCN(C2CCCC2)CC1. The van der Waals surface area contributed by atoms with Crippen molar-refractivity contribution in [2.24, 2.45) is 0 Å². The average molecular weight is 449 g/mol. The highest BCUT2D eigenvalue weighted by Crippen LogP contribution is 2.36. The summed E-state index contributed by atoms with van der Waals surface area (Å²) in [5.41, 5.74) is 3.42. The number of aromatic amines is 1. The topological polar surface area (TPSA) is 42.6 Å². The molecule has 6 rings (SSSR count). The van der Waals surface area contributed by atoms with Crippen molar-refractivity contribution in [3.8, 4) is 0 Å². The smallest absolute Gasteiger partial charge is 0.254 e. The number of hydrogen-bond donors (Lipinski definition) is 1. The van der Waals surface area contributed by atoms with Gasteiger partial charge in [0.15, 0.2) is 0 Å². The van der Waals surface area contributed by atoms with Gasteiger partial charge in [0.25, 0.3) is 5.91 Å². The zero-order valence-corrected chi connectivity index (χ0v) is 20.1. The third-order valence-corrected chi connectivity index (χ3v) is 9.21. The van der Waals surface area contributed by atoms with Crippen LogP contribution in [-0.2, 0) is 0 Å². The quantitative estimate of drug-likeness (QED) is 0.716. The van der Waals surface area contributed by atoms with E-state index in [9.17, 15) is 4.79 Å². The Morgan fingerprint density at radius 2 is 1.36 bits per heavy atom. The number of piperidine rings is 1. The Kier molecular flexibility index (Phi) is 6.19. The third kappa shape index (κ3) is 4.35. The van der Waals surface area contributed by atoms with Crippen LogP contribution in [0.15, 0.2) is 24.4 Å². The molecule has 0 spiro atoms. The van der Waals surface area contributed by atoms with Crippen molar-refractivity contribution in [2.75, 3.05) is 39.3 Å². The van der Waals surface area contributed by atoms with Crippen molar-refractivity contribution < 1.29 is 4.79 Å². The molecule has 3 heterocycles. The van der Waals surface area contributed by atoms with Crippen molar-refractivity contribution >= 4 is 16.8 Å². The van der Waals surface area contributed by atoms with Crippen molar-refractivity contribution in [3.05, 3.63) is 35.5 Å². The van der Waals surface area contributed by atoms with E-state index in [0.29, 0.717) is 5.92 Å². The first-order chi connectivity index (χ1) is 16.3. The van der Waals surface area contributed by atoms with E-state index >= 15 is 0 Å². The zero-order chi connectivity index (χ0) is 22.2. The van der Waals surface area contributed by atoms with E-state index in [0.717, 1.165) is 49.3 Å². The molecule has 1 aromatic carbocycles. The number of carbonyl (C=O) groups is 1. The van der Waals surface area contributed by atoms with Crippen LogP contribution in [-0.4, -0.2) is 76.9 Å². The number of H-pyrrole nitrogens is 1. The molecular formula is C28H40N4O. The van der Waals surface area contributed by atoms with Gasteiger partial charge in [0.1, 0.15) is 0 Å². The molecule has 2 aliphatic heterocycles. The maximum atomic E-state index is 13.2. The standard InChI is InChI=1S/C28H40N4O/c33-28(32-17-15-31(16-18-32)24-7-3-4-8-24)22-9-10-25-26(20-29-27(25)19-22)21-11-13-30(14-12-21)23-5-1-2-6-23/h9-10,19-21,23-24,29H,1-8,11-18H2. The number of likely N-dealkylation sites (tertiary alicyclic amines) is 1. The number of aromatic nitrogens is 1. The van der Waals surface area contributed by atoms with Gasteiger partial charge in [-0.05, 0) is 75.2 Å². The summed E-state index contributed by atoms with van der Waals surface area (Å²) in [6, 6.07) is 7.98. The van der Waals surface area contributed by atoms with Crippen LogP contribution < -0.4 is 0 Å². The van der Waals surface area contributed by atoms with E-state index in [1.165, 1.54) is 88.2 Å². The second kappa shape index (κ2) is 9.42. The van der Waals surface area contributed by atoms with E-state index in [4.69, 9.17) is 0 Å². The Hall–Kier alpha value is -1.85. The first kappa shape index (κ1) is 21.7. The molecule has 0 unspecified atom stereocenters. The summed E-state index contributed by atoms with van der Waals surface area (Å²) in [7, 11) is 0. The average Bonchev–Trinajstić information content (AvgIpc) is 3.65. The second-order valence-corrected chi connectivity index (χ2v) is 11.0. The van der Waals surface area contributed by atoms with Crippen LogP contribution in [0.25, 0.3) is 10.9 Å². The highest BCUT2D eigenvalue weighted by Gasteiger charge is 2.30. The first-order valence-corrected chi connectivity index (χ1v) is 13.6. The fraction of sp³-hybridized carbons (Fsp3) is 0.679. The minimum Gasteiger partial charge on any atom is -0.361 e. The highest BCUT2D eigenvalue weighted by atomic mass is 16.2. The molecule has 1 amide bonds. The van der Waals surface area contributed by atoms with Crippen molar-refractivity contribution in [2.45, 2.75) is 82.2 Å². The molecule has 4 aliphatic rings. The van der Waals surface area contributed by atoms with E-state index in [1.54, 1.807) is 0 Å². The summed E-state index contributed by atoms with van der Waals surface area (Å²) in [6.07, 6.45) is 15.8. The maximum absolute atomic E-state index is 13.2. The van der Waals surface area contributed by atoms with Gasteiger partial charge in [0.2, 0.25) is 0 Å². The predicted molar refractivity (Wildman–Crippen MR) is 134 cm³/mol. The van der Waals surface area contributed by atoms with E-state index in [1.807, 2.05) is 0 Å². The summed E-state index contributed by atoms with van der Waals surface area (Å²) in [4.78, 5) is 24.2. The summed E-state index contributed by atoms with van der Waals surface area (Å²) >= 11 is 0. The van der Waals surface area contributed by atoms with Gasteiger partial charge in [-0.2, -0.15) is 0 Å². The van der Waals surface area contributed by atoms with Gasteiger partial charge in [-0.3, -0.25) is 9.69 Å². The van der Waals surface area contributed by atoms with Crippen LogP contribution in [0.2, 0.25) is 0 Å². The monoisotopic (exact) mass is 448 g/mol. The van der Waals surface area contributed by atoms with Gasteiger partial charge < -0.3 is 14.8 Å². The van der Waals surface area contributed by atoms with Crippen LogP contribution in [0.5, 0.6) is 0 Å². The molecule has 4 fully saturated rings. The van der Waals surface area contributed by atoms with Gasteiger partial charge in [0, 0.05) is 60.9 Å². The molecule has 0 radical (unpaired) electrons. The Bertz CT molecular complexity index is 955. The molecule has 2 aliphatic carbocycles. The molecule has 33 heavy (non-hydrogen) atoms. The fourth-order valence-corrected chi connectivity index (χ4v) is 7.21. The van der Waals surface area contributed by atoms with Crippen LogP contribution in [0.1, 0.15) is 86.0 Å². The molecule has 1 N–H and O–H groups in total. The molecule has 0 atom stereocenters. The number of amides is 1. The predicted octanol–water partition coefficient (Wildman–Crippen LogP) is 4.99. The van der Waals surface area contributed by atoms with Crippen molar-refractivity contribution in [1.29, 1.82) is 0 Å². The minimum atomic E-state index is 0.198. The Morgan fingerprint density at radius 3 is 2.00 bits per heavy atom. The normalized spacial score (nSPS) is 24.9. The third-order valence-electron chi connectivity index (χ3n) is 9.21. The van der Waals surface area contributed by atoms with E-state index in [-0.39, 0.29) is 5.91 Å². The second-order valence-electron chi connectivity index (χ2n) is 11.0. The molecule has 5 heteroatoms. The van der Waals surface area contributed by atoms with Gasteiger partial charge in [-0.25, -0.2) is 0 Å². The number of nitrogens with one attached hydrogen (secondary N) is 1. The minimum absolute atomic E-state index is 0.198. The summed E-state index contributed by atoms with van der Waals surface area (Å²) in [5.74, 6) is 0.839. The lowest BCUT2D eigenvalue weighted by atomic mass is 9.88. The van der Waals surface area contributed by atoms with Crippen LogP contribution >= 0.6 is 0 Å². The Morgan fingerprint density at radius 1 is 0.758 bits per heavy atom. The maximum Gasteiger partial charge on any atom is 0.254 e. The van der Waals surface area contributed by atoms with Gasteiger partial charge in [0.05, 0.1) is 0 Å². The number of fused-ring (bicyclic) bond motifs is 1. The molecule has 2 aromatic rings. The van der Waals surface area contributed by atoms with Crippen LogP contribution in [0.4, 0.5) is 0 Å². The zero-order valence-electron chi connectivity index (χ0n) is 20.1. The van der Waals surface area contributed by atoms with Crippen molar-refractivity contribution in [3.63, 3.8) is 0 Å². The van der Waals surface area contributed by atoms with Gasteiger partial charge >= 0.3 is 0 Å². The summed E-state index contributed by atoms with van der Waals surface area (Å²) < 4.78 is 0. The van der Waals surface area contributed by atoms with E-state index < -0.39 is 0 Å². The molecule has 178 valence electrons. The molecule has 1 aromatic heterocycles. The van der Waals surface area contributed by atoms with Gasteiger partial charge in [-0.15, -0.1) is 0 Å². The van der Waals surface area contributed by atoms with Crippen molar-refractivity contribution in [1.82, 2.24) is 19.7 Å². The largest absolute Gasteiger partial charge is 0.361 e. The molecule has 5 nitrogen and oxygen atoms in total. The number of nitrogens with zero attached hydrogens (tertiary/aromatic N) is 3. The summed E-state index contributed by atoms with van der Waals surface area (Å²) in [6.45, 7) is 6.28. The Balaban J connectivity index is 1.09. The number of hydrogen-bond acceptors (Lipinski definition) is 3. The lowest BCUT2D eigenvalue weighted by molar-refractivity contribution is 0.0573. The Labute approximate surface area is 198 Å². The fourth-order valence-electron chi connectivity index (χ4n) is 7.21.